The van der Waals surface area contributed by atoms with E-state index in [2.05, 4.69) is 42.1 Å². The smallest absolute Gasteiger partial charge is 0.246 e. The zero-order valence-electron chi connectivity index (χ0n) is 45.7. The number of thiophene rings is 1. The van der Waals surface area contributed by atoms with E-state index in [1.807, 2.05) is 92.1 Å². The van der Waals surface area contributed by atoms with Gasteiger partial charge in [0, 0.05) is 59.9 Å². The van der Waals surface area contributed by atoms with Crippen LogP contribution in [-0.2, 0) is 40.0 Å². The minimum absolute atomic E-state index is 0.0302. The summed E-state index contributed by atoms with van der Waals surface area (Å²) in [5.74, 6) is -3.09. The highest BCUT2D eigenvalue weighted by Crippen LogP contribution is 2.40. The maximum Gasteiger partial charge on any atom is 0.246 e. The standard InChI is InChI=1S/C58H70ClN11O8S/c1-32-34(3)79-57-48(32)49(39-22-24-40(59)25-23-39)63-42(51-68-67-35(4)70(51)57)29-47(73)61-30-44-53(75)60-26-14-9-8-13-17-46(72)66-50(58(5,6)7)56(78)69-31-41(71)28-45(69)55(77)64-43(54(76)62-33(2)52(74)65-44)27-36-18-20-38(21-19-36)37-15-11-10-12-16-37/h10-12,15-16,18-25,33,41-45,50,71H,8-9,13-14,17,26-31H2,1-7H3,(H,60,75)(H,61,73)(H,62,76)(H,64,77)(H,65,74)(H,66,72)/t33-,41-,42+,43-,44-,45?,50-/m1/s1. The highest BCUT2D eigenvalue weighted by Gasteiger charge is 2.45. The quantitative estimate of drug-likeness (QED) is 0.106. The van der Waals surface area contributed by atoms with Gasteiger partial charge in [-0.2, -0.15) is 0 Å². The Morgan fingerprint density at radius 3 is 2.16 bits per heavy atom. The maximum atomic E-state index is 14.5. The van der Waals surface area contributed by atoms with Crippen molar-refractivity contribution in [2.45, 2.75) is 142 Å². The minimum atomic E-state index is -1.31. The van der Waals surface area contributed by atoms with Crippen LogP contribution in [0.3, 0.4) is 0 Å². The third-order valence-electron chi connectivity index (χ3n) is 14.7. The predicted molar refractivity (Wildman–Crippen MR) is 302 cm³/mol. The molecule has 0 aliphatic carbocycles. The van der Waals surface area contributed by atoms with Crippen LogP contribution in [0.4, 0.5) is 0 Å². The molecule has 5 heterocycles. The van der Waals surface area contributed by atoms with Gasteiger partial charge < -0.3 is 41.9 Å². The van der Waals surface area contributed by atoms with Crippen LogP contribution in [0.15, 0.2) is 83.9 Å². The van der Waals surface area contributed by atoms with Crippen molar-refractivity contribution in [3.05, 3.63) is 123 Å². The molecule has 1 unspecified atom stereocenters. The van der Waals surface area contributed by atoms with Gasteiger partial charge in [0.1, 0.15) is 47.1 Å². The molecule has 8 rings (SSSR count). The number of aliphatic imine (C=N–C) groups is 1. The van der Waals surface area contributed by atoms with Crippen LogP contribution in [0.2, 0.25) is 5.02 Å². The van der Waals surface area contributed by atoms with Crippen molar-refractivity contribution in [2.75, 3.05) is 19.6 Å². The fourth-order valence-electron chi connectivity index (χ4n) is 10.1. The lowest BCUT2D eigenvalue weighted by atomic mass is 9.85. The zero-order chi connectivity index (χ0) is 56.7. The van der Waals surface area contributed by atoms with E-state index in [1.165, 1.54) is 11.8 Å². The SMILES string of the molecule is Cc1sc2c(c1C)C(c1ccc(Cl)cc1)=N[C@@H](CC(=O)NC[C@H]1NC(=O)[C@@H](C)NC(=O)[C@@H](Cc3ccc(-c4ccccc4)cc3)NC(=O)C3C[C@@H](O)CN3C(=O)[C@H](C(C)(C)C)NC(=O)CCCCCCNC1=O)c1nnc(C)n1-2. The molecule has 3 aliphatic heterocycles. The lowest BCUT2D eigenvalue weighted by Gasteiger charge is -2.35. The molecule has 0 radical (unpaired) electrons. The van der Waals surface area contributed by atoms with Gasteiger partial charge in [-0.25, -0.2) is 0 Å². The number of aliphatic hydroxyl groups excluding tert-OH is 1. The van der Waals surface area contributed by atoms with Crippen LogP contribution < -0.4 is 31.9 Å². The topological polar surface area (TPSA) is 258 Å². The highest BCUT2D eigenvalue weighted by molar-refractivity contribution is 7.15. The first-order chi connectivity index (χ1) is 37.7. The predicted octanol–water partition coefficient (Wildman–Crippen LogP) is 5.26. The molecule has 7 atom stereocenters. The monoisotopic (exact) mass is 1120 g/mol. The van der Waals surface area contributed by atoms with Crippen LogP contribution in [0, 0.1) is 26.2 Å². The number of halogens is 1. The van der Waals surface area contributed by atoms with Gasteiger partial charge >= 0.3 is 0 Å². The summed E-state index contributed by atoms with van der Waals surface area (Å²) in [6.07, 6.45) is 1.02. The van der Waals surface area contributed by atoms with E-state index >= 15 is 0 Å². The fraction of sp³-hybridized carbons (Fsp3) is 0.448. The number of aromatic nitrogens is 3. The van der Waals surface area contributed by atoms with Crippen LogP contribution in [0.25, 0.3) is 16.1 Å². The number of carbonyl (C=O) groups is 7. The molecular formula is C58H70ClN11O8S. The van der Waals surface area contributed by atoms with Gasteiger partial charge in [-0.1, -0.05) is 112 Å². The Morgan fingerprint density at radius 1 is 0.785 bits per heavy atom. The summed E-state index contributed by atoms with van der Waals surface area (Å²) in [6, 6.07) is 17.6. The van der Waals surface area contributed by atoms with Crippen molar-refractivity contribution >= 4 is 70.0 Å². The molecule has 79 heavy (non-hydrogen) atoms. The van der Waals surface area contributed by atoms with Crippen LogP contribution in [0.5, 0.6) is 0 Å². The Morgan fingerprint density at radius 2 is 1.46 bits per heavy atom. The van der Waals surface area contributed by atoms with E-state index in [4.69, 9.17) is 16.6 Å². The van der Waals surface area contributed by atoms with E-state index in [0.29, 0.717) is 53.6 Å². The van der Waals surface area contributed by atoms with Gasteiger partial charge in [0.25, 0.3) is 0 Å². The summed E-state index contributed by atoms with van der Waals surface area (Å²) in [5, 5.41) is 38.1. The first kappa shape index (κ1) is 57.9. The number of aliphatic hydroxyl groups is 1. The molecule has 418 valence electrons. The van der Waals surface area contributed by atoms with Gasteiger partial charge in [-0.15, -0.1) is 21.5 Å². The van der Waals surface area contributed by atoms with Crippen molar-refractivity contribution in [1.82, 2.24) is 51.6 Å². The summed E-state index contributed by atoms with van der Waals surface area (Å²) in [6.45, 7) is 12.5. The summed E-state index contributed by atoms with van der Waals surface area (Å²) < 4.78 is 1.93. The molecule has 0 spiro atoms. The van der Waals surface area contributed by atoms with Crippen molar-refractivity contribution in [3.8, 4) is 16.1 Å². The first-order valence-electron chi connectivity index (χ1n) is 26.9. The average molecular weight is 1120 g/mol. The third kappa shape index (κ3) is 13.9. The van der Waals surface area contributed by atoms with E-state index < -0.39 is 83.2 Å². The number of nitrogens with zero attached hydrogens (tertiary/aromatic N) is 5. The molecule has 5 aromatic rings. The zero-order valence-corrected chi connectivity index (χ0v) is 47.2. The first-order valence-corrected chi connectivity index (χ1v) is 28.1. The molecule has 2 fully saturated rings. The molecule has 3 aromatic carbocycles. The van der Waals surface area contributed by atoms with Crippen molar-refractivity contribution in [1.29, 1.82) is 0 Å². The summed E-state index contributed by atoms with van der Waals surface area (Å²) in [7, 11) is 0. The van der Waals surface area contributed by atoms with Gasteiger partial charge in [0.05, 0.1) is 18.2 Å². The number of aryl methyl sites for hydroxylation is 2. The number of amides is 7. The minimum Gasteiger partial charge on any atom is -0.391 e. The molecule has 7 amide bonds. The third-order valence-corrected chi connectivity index (χ3v) is 16.1. The average Bonchev–Trinajstić information content (AvgIpc) is 4.09. The normalized spacial score (nSPS) is 23.1. The second-order valence-electron chi connectivity index (χ2n) is 21.8. The maximum absolute atomic E-state index is 14.5. The lowest BCUT2D eigenvalue weighted by Crippen LogP contribution is -2.60. The Balaban J connectivity index is 1.04. The highest BCUT2D eigenvalue weighted by atomic mass is 35.5. The largest absolute Gasteiger partial charge is 0.391 e. The van der Waals surface area contributed by atoms with Crippen LogP contribution in [0.1, 0.15) is 117 Å². The summed E-state index contributed by atoms with van der Waals surface area (Å²) in [5.41, 5.74) is 5.16. The van der Waals surface area contributed by atoms with Gasteiger partial charge in [-0.3, -0.25) is 43.1 Å². The van der Waals surface area contributed by atoms with Crippen LogP contribution in [-0.4, -0.2) is 128 Å². The van der Waals surface area contributed by atoms with Crippen LogP contribution >= 0.6 is 22.9 Å². The molecule has 21 heteroatoms. The number of hydrogen-bond acceptors (Lipinski definition) is 12. The second-order valence-corrected chi connectivity index (χ2v) is 23.4. The Labute approximate surface area is 469 Å². The van der Waals surface area contributed by atoms with Crippen molar-refractivity contribution < 1.29 is 38.7 Å². The van der Waals surface area contributed by atoms with E-state index in [-0.39, 0.29) is 51.2 Å². The molecule has 0 saturated carbocycles. The summed E-state index contributed by atoms with van der Waals surface area (Å²) in [4.78, 5) is 107. The number of carbonyl (C=O) groups excluding carboxylic acids is 7. The number of benzene rings is 3. The van der Waals surface area contributed by atoms with Crippen molar-refractivity contribution in [2.24, 2.45) is 10.4 Å². The molecule has 19 nitrogen and oxygen atoms in total. The molecule has 7 N–H and O–H groups in total. The molecule has 2 saturated heterocycles. The molecule has 0 bridgehead atoms. The summed E-state index contributed by atoms with van der Waals surface area (Å²) >= 11 is 7.89. The lowest BCUT2D eigenvalue weighted by molar-refractivity contribution is -0.144. The van der Waals surface area contributed by atoms with Gasteiger partial charge in [0.2, 0.25) is 41.4 Å². The van der Waals surface area contributed by atoms with E-state index in [1.54, 1.807) is 44.2 Å². The van der Waals surface area contributed by atoms with E-state index in [9.17, 15) is 38.7 Å². The van der Waals surface area contributed by atoms with Gasteiger partial charge in [-0.05, 0) is 80.3 Å². The molecule has 2 aromatic heterocycles. The number of fused-ring (bicyclic) bond motifs is 4. The fourth-order valence-corrected chi connectivity index (χ4v) is 11.5. The van der Waals surface area contributed by atoms with Crippen molar-refractivity contribution in [3.63, 3.8) is 0 Å². The Kier molecular flexibility index (Phi) is 18.5. The number of rotatable bonds is 8. The van der Waals surface area contributed by atoms with E-state index in [0.717, 1.165) is 37.7 Å². The number of hydrogen-bond donors (Lipinski definition) is 7. The van der Waals surface area contributed by atoms with Gasteiger partial charge in [0.15, 0.2) is 5.82 Å². The number of nitrogens with one attached hydrogen (secondary N) is 6. The Bertz CT molecular complexity index is 3100. The molecule has 3 aliphatic rings. The Hall–Kier alpha value is -7.29. The second kappa shape index (κ2) is 25.2. The molecular weight excluding hydrogens is 1050 g/mol.